The second-order valence-corrected chi connectivity index (χ2v) is 5.37. The fraction of sp³-hybridized carbons (Fsp3) is 0.0769. The van der Waals surface area contributed by atoms with Gasteiger partial charge in [0.15, 0.2) is 5.82 Å². The summed E-state index contributed by atoms with van der Waals surface area (Å²) < 4.78 is 5.48. The smallest absolute Gasteiger partial charge is 0.273 e. The van der Waals surface area contributed by atoms with E-state index >= 15 is 0 Å². The van der Waals surface area contributed by atoms with Crippen molar-refractivity contribution in [3.63, 3.8) is 0 Å². The van der Waals surface area contributed by atoms with Crippen LogP contribution < -0.4 is 4.74 Å². The average molecular weight is 322 g/mol. The molecule has 2 heterocycles. The zero-order valence-corrected chi connectivity index (χ0v) is 12.1. The summed E-state index contributed by atoms with van der Waals surface area (Å²) in [6.45, 7) is 0.0920. The van der Waals surface area contributed by atoms with Gasteiger partial charge >= 0.3 is 0 Å². The Labute approximate surface area is 128 Å². The molecule has 0 aliphatic heterocycles. The lowest BCUT2D eigenvalue weighted by Crippen LogP contribution is -2.02. The van der Waals surface area contributed by atoms with Crippen molar-refractivity contribution >= 4 is 38.8 Å². The van der Waals surface area contributed by atoms with E-state index in [0.717, 1.165) is 10.2 Å². The van der Waals surface area contributed by atoms with Crippen molar-refractivity contribution in [1.82, 2.24) is 9.97 Å². The zero-order chi connectivity index (χ0) is 14.8. The number of nitrogens with zero attached hydrogens (tertiary/aromatic N) is 3. The summed E-state index contributed by atoms with van der Waals surface area (Å²) in [7, 11) is 0. The van der Waals surface area contributed by atoms with Crippen LogP contribution >= 0.6 is 22.9 Å². The molecule has 21 heavy (non-hydrogen) atoms. The molecule has 0 unspecified atom stereocenters. The van der Waals surface area contributed by atoms with Crippen LogP contribution in [0.2, 0.25) is 5.15 Å². The van der Waals surface area contributed by atoms with Gasteiger partial charge in [-0.2, -0.15) is 0 Å². The van der Waals surface area contributed by atoms with Crippen LogP contribution in [-0.2, 0) is 6.61 Å². The van der Waals surface area contributed by atoms with Gasteiger partial charge in [-0.3, -0.25) is 10.1 Å². The van der Waals surface area contributed by atoms with Gasteiger partial charge in [0.1, 0.15) is 22.3 Å². The monoisotopic (exact) mass is 321 g/mol. The lowest BCUT2D eigenvalue weighted by atomic mass is 10.3. The maximum Gasteiger partial charge on any atom is 0.273 e. The third-order valence-electron chi connectivity index (χ3n) is 2.72. The highest BCUT2D eigenvalue weighted by atomic mass is 35.5. The molecule has 0 atom stereocenters. The van der Waals surface area contributed by atoms with Gasteiger partial charge in [-0.15, -0.1) is 11.3 Å². The first kappa shape index (κ1) is 13.7. The van der Waals surface area contributed by atoms with Gasteiger partial charge in [-0.1, -0.05) is 17.7 Å². The number of thiophene rings is 1. The van der Waals surface area contributed by atoms with Crippen LogP contribution in [0.3, 0.4) is 0 Å². The lowest BCUT2D eigenvalue weighted by molar-refractivity contribution is -0.384. The number of benzene rings is 1. The Hall–Kier alpha value is -2.25. The summed E-state index contributed by atoms with van der Waals surface area (Å²) in [5, 5.41) is 13.8. The van der Waals surface area contributed by atoms with Crippen LogP contribution in [0.4, 0.5) is 5.69 Å². The molecule has 3 rings (SSSR count). The molecule has 0 fully saturated rings. The minimum atomic E-state index is -0.474. The van der Waals surface area contributed by atoms with E-state index in [9.17, 15) is 10.1 Å². The minimum Gasteiger partial charge on any atom is -0.485 e. The molecule has 0 saturated heterocycles. The van der Waals surface area contributed by atoms with Gasteiger partial charge in [0.2, 0.25) is 0 Å². The summed E-state index contributed by atoms with van der Waals surface area (Å²) in [4.78, 5) is 19.5. The maximum atomic E-state index is 10.7. The van der Waals surface area contributed by atoms with Crippen LogP contribution in [0.15, 0.2) is 35.7 Å². The van der Waals surface area contributed by atoms with Crippen LogP contribution in [0.5, 0.6) is 5.75 Å². The van der Waals surface area contributed by atoms with Gasteiger partial charge in [0, 0.05) is 11.5 Å². The molecular weight excluding hydrogens is 314 g/mol. The molecule has 1 aromatic carbocycles. The quantitative estimate of drug-likeness (QED) is 0.414. The summed E-state index contributed by atoms with van der Waals surface area (Å²) in [6, 6.07) is 7.80. The highest BCUT2D eigenvalue weighted by Gasteiger charge is 2.09. The molecule has 0 radical (unpaired) electrons. The molecule has 6 nitrogen and oxygen atoms in total. The minimum absolute atomic E-state index is 0.0276. The topological polar surface area (TPSA) is 78.2 Å². The number of nitro groups is 1. The number of nitro benzene ring substituents is 1. The molecule has 0 saturated carbocycles. The molecule has 106 valence electrons. The van der Waals surface area contributed by atoms with Crippen molar-refractivity contribution in [3.8, 4) is 5.75 Å². The Kier molecular flexibility index (Phi) is 3.68. The molecule has 0 amide bonds. The van der Waals surface area contributed by atoms with Gasteiger partial charge in [-0.25, -0.2) is 9.97 Å². The van der Waals surface area contributed by atoms with Crippen LogP contribution in [0.1, 0.15) is 5.82 Å². The van der Waals surface area contributed by atoms with E-state index in [1.165, 1.54) is 23.5 Å². The van der Waals surface area contributed by atoms with E-state index in [-0.39, 0.29) is 12.3 Å². The first-order valence-electron chi connectivity index (χ1n) is 5.90. The number of rotatable bonds is 4. The molecule has 8 heteroatoms. The first-order valence-corrected chi connectivity index (χ1v) is 7.16. The normalized spacial score (nSPS) is 10.7. The van der Waals surface area contributed by atoms with E-state index in [1.807, 2.05) is 11.4 Å². The summed E-state index contributed by atoms with van der Waals surface area (Å²) >= 11 is 7.53. The van der Waals surface area contributed by atoms with Gasteiger partial charge in [0.25, 0.3) is 5.69 Å². The molecule has 0 N–H and O–H groups in total. The third kappa shape index (κ3) is 2.93. The number of fused-ring (bicyclic) bond motifs is 1. The molecular formula is C13H8ClN3O3S. The number of aromatic nitrogens is 2. The van der Waals surface area contributed by atoms with Gasteiger partial charge in [0.05, 0.1) is 11.0 Å². The number of hydrogen-bond acceptors (Lipinski definition) is 6. The van der Waals surface area contributed by atoms with E-state index < -0.39 is 4.92 Å². The molecule has 0 bridgehead atoms. The summed E-state index contributed by atoms with van der Waals surface area (Å²) in [5.74, 6) is 0.816. The Morgan fingerprint density at radius 1 is 1.33 bits per heavy atom. The highest BCUT2D eigenvalue weighted by Crippen LogP contribution is 2.25. The van der Waals surface area contributed by atoms with E-state index in [4.69, 9.17) is 16.3 Å². The Balaban J connectivity index is 1.80. The Morgan fingerprint density at radius 3 is 3.00 bits per heavy atom. The number of non-ortho nitro benzene ring substituents is 1. The summed E-state index contributed by atoms with van der Waals surface area (Å²) in [5.41, 5.74) is -0.0276. The van der Waals surface area contributed by atoms with Crippen molar-refractivity contribution in [2.24, 2.45) is 0 Å². The van der Waals surface area contributed by atoms with Crippen LogP contribution in [0.25, 0.3) is 10.2 Å². The fourth-order valence-corrected chi connectivity index (χ4v) is 2.85. The van der Waals surface area contributed by atoms with Gasteiger partial charge in [-0.05, 0) is 17.5 Å². The van der Waals surface area contributed by atoms with E-state index in [0.29, 0.717) is 16.7 Å². The van der Waals surface area contributed by atoms with Crippen molar-refractivity contribution in [3.05, 3.63) is 56.8 Å². The van der Waals surface area contributed by atoms with Crippen LogP contribution in [0, 0.1) is 10.1 Å². The zero-order valence-electron chi connectivity index (χ0n) is 10.5. The van der Waals surface area contributed by atoms with Crippen molar-refractivity contribution in [1.29, 1.82) is 0 Å². The standard InChI is InChI=1S/C13H8ClN3O3S/c14-12-10-4-5-21-13(10)16-11(15-12)7-20-9-3-1-2-8(6-9)17(18)19/h1-6H,7H2. The number of hydrogen-bond donors (Lipinski definition) is 0. The first-order chi connectivity index (χ1) is 10.1. The largest absolute Gasteiger partial charge is 0.485 e. The molecule has 0 spiro atoms. The number of halogens is 1. The molecule has 2 aromatic heterocycles. The highest BCUT2D eigenvalue weighted by molar-refractivity contribution is 7.16. The second kappa shape index (κ2) is 5.63. The van der Waals surface area contributed by atoms with Crippen molar-refractivity contribution in [2.45, 2.75) is 6.61 Å². The molecule has 3 aromatic rings. The predicted molar refractivity (Wildman–Crippen MR) is 79.9 cm³/mol. The SMILES string of the molecule is O=[N+]([O-])c1cccc(OCc2nc(Cl)c3ccsc3n2)c1. The Bertz CT molecular complexity index is 821. The van der Waals surface area contributed by atoms with Crippen molar-refractivity contribution < 1.29 is 9.66 Å². The maximum absolute atomic E-state index is 10.7. The number of ether oxygens (including phenoxy) is 1. The molecule has 0 aliphatic carbocycles. The fourth-order valence-electron chi connectivity index (χ4n) is 1.76. The average Bonchev–Trinajstić information content (AvgIpc) is 2.94. The third-order valence-corrected chi connectivity index (χ3v) is 3.82. The molecule has 0 aliphatic rings. The van der Waals surface area contributed by atoms with E-state index in [2.05, 4.69) is 9.97 Å². The van der Waals surface area contributed by atoms with E-state index in [1.54, 1.807) is 12.1 Å². The van der Waals surface area contributed by atoms with Gasteiger partial charge < -0.3 is 4.74 Å². The van der Waals surface area contributed by atoms with Crippen molar-refractivity contribution in [2.75, 3.05) is 0 Å². The Morgan fingerprint density at radius 2 is 2.19 bits per heavy atom. The summed E-state index contributed by atoms with van der Waals surface area (Å²) in [6.07, 6.45) is 0. The lowest BCUT2D eigenvalue weighted by Gasteiger charge is -2.05. The predicted octanol–water partition coefficient (Wildman–Crippen LogP) is 3.83. The van der Waals surface area contributed by atoms with Crippen LogP contribution in [-0.4, -0.2) is 14.9 Å². The second-order valence-electron chi connectivity index (χ2n) is 4.11.